The van der Waals surface area contributed by atoms with Gasteiger partial charge >= 0.3 is 0 Å². The first-order valence-electron chi connectivity index (χ1n) is 7.20. The highest BCUT2D eigenvalue weighted by Crippen LogP contribution is 2.22. The van der Waals surface area contributed by atoms with E-state index >= 15 is 0 Å². The highest BCUT2D eigenvalue weighted by atomic mass is 35.5. The number of fused-ring (bicyclic) bond motifs is 1. The van der Waals surface area contributed by atoms with Crippen LogP contribution in [0.15, 0.2) is 67.0 Å². The Morgan fingerprint density at radius 1 is 1.00 bits per heavy atom. The first kappa shape index (κ1) is 17.4. The number of nitrogens with two attached hydrogens (primary N) is 1. The molecule has 0 bridgehead atoms. The molecule has 0 spiro atoms. The maximum Gasteiger partial charge on any atom is 0.290 e. The summed E-state index contributed by atoms with van der Waals surface area (Å²) in [6.45, 7) is 0.102. The Morgan fingerprint density at radius 3 is 2.54 bits per heavy atom. The van der Waals surface area contributed by atoms with Crippen molar-refractivity contribution in [2.75, 3.05) is 5.32 Å². The summed E-state index contributed by atoms with van der Waals surface area (Å²) >= 11 is 0. The van der Waals surface area contributed by atoms with E-state index in [4.69, 9.17) is 5.73 Å². The van der Waals surface area contributed by atoms with Gasteiger partial charge in [0.05, 0.1) is 0 Å². The average Bonchev–Trinajstić information content (AvgIpc) is 2.55. The first-order chi connectivity index (χ1) is 11.1. The molecule has 2 aromatic carbocycles. The molecule has 6 heteroatoms. The van der Waals surface area contributed by atoms with E-state index in [2.05, 4.69) is 5.32 Å². The number of primary amides is 1. The van der Waals surface area contributed by atoms with Crippen LogP contribution in [0.4, 0.5) is 5.69 Å². The van der Waals surface area contributed by atoms with E-state index in [0.717, 1.165) is 16.5 Å². The molecule has 3 N–H and O–H groups in total. The molecule has 0 unspecified atom stereocenters. The van der Waals surface area contributed by atoms with Gasteiger partial charge in [-0.1, -0.05) is 36.4 Å². The minimum absolute atomic E-state index is 0. The van der Waals surface area contributed by atoms with Crippen LogP contribution >= 0.6 is 0 Å². The molecule has 122 valence electrons. The van der Waals surface area contributed by atoms with Crippen molar-refractivity contribution >= 4 is 28.3 Å². The largest absolute Gasteiger partial charge is 1.00 e. The Kier molecular flexibility index (Phi) is 5.50. The van der Waals surface area contributed by atoms with Crippen molar-refractivity contribution in [1.82, 2.24) is 0 Å². The minimum atomic E-state index is -0.520. The summed E-state index contributed by atoms with van der Waals surface area (Å²) in [6, 6.07) is 16.9. The van der Waals surface area contributed by atoms with Crippen molar-refractivity contribution in [3.05, 3.63) is 72.6 Å². The maximum absolute atomic E-state index is 12.3. The molecule has 0 aliphatic rings. The van der Waals surface area contributed by atoms with Gasteiger partial charge in [-0.3, -0.25) is 9.59 Å². The van der Waals surface area contributed by atoms with E-state index in [1.807, 2.05) is 42.5 Å². The van der Waals surface area contributed by atoms with Crippen LogP contribution in [0.3, 0.4) is 0 Å². The molecule has 3 rings (SSSR count). The maximum atomic E-state index is 12.3. The topological polar surface area (TPSA) is 76.1 Å². The van der Waals surface area contributed by atoms with Crippen molar-refractivity contribution in [3.63, 3.8) is 0 Å². The zero-order valence-electron chi connectivity index (χ0n) is 12.8. The fraction of sp³-hybridized carbons (Fsp3) is 0.0556. The summed E-state index contributed by atoms with van der Waals surface area (Å²) in [5, 5.41) is 4.96. The zero-order chi connectivity index (χ0) is 16.2. The Labute approximate surface area is 145 Å². The van der Waals surface area contributed by atoms with Crippen LogP contribution in [0, 0.1) is 0 Å². The molecule has 2 amide bonds. The quantitative estimate of drug-likeness (QED) is 0.589. The molecule has 0 fully saturated rings. The summed E-state index contributed by atoms with van der Waals surface area (Å²) in [7, 11) is 0. The first-order valence-corrected chi connectivity index (χ1v) is 7.20. The molecular formula is C18H16ClN3O2. The number of aromatic nitrogens is 1. The molecule has 0 aliphatic carbocycles. The van der Waals surface area contributed by atoms with E-state index in [1.54, 1.807) is 29.1 Å². The van der Waals surface area contributed by atoms with Crippen molar-refractivity contribution in [2.24, 2.45) is 5.73 Å². The number of pyridine rings is 1. The van der Waals surface area contributed by atoms with Gasteiger partial charge in [0.2, 0.25) is 6.54 Å². The smallest absolute Gasteiger partial charge is 0.290 e. The lowest BCUT2D eigenvalue weighted by Crippen LogP contribution is -3.00. The van der Waals surface area contributed by atoms with Gasteiger partial charge in [0.1, 0.15) is 5.56 Å². The van der Waals surface area contributed by atoms with Gasteiger partial charge in [0.15, 0.2) is 12.4 Å². The normalized spacial score (nSPS) is 10.0. The van der Waals surface area contributed by atoms with Crippen LogP contribution < -0.4 is 28.0 Å². The predicted octanol–water partition coefficient (Wildman–Crippen LogP) is -1.13. The van der Waals surface area contributed by atoms with Gasteiger partial charge in [-0.05, 0) is 17.5 Å². The van der Waals surface area contributed by atoms with E-state index in [-0.39, 0.29) is 24.9 Å². The molecule has 1 heterocycles. The molecule has 24 heavy (non-hydrogen) atoms. The lowest BCUT2D eigenvalue weighted by molar-refractivity contribution is -0.684. The number of hydrogen-bond donors (Lipinski definition) is 2. The monoisotopic (exact) mass is 341 g/mol. The Balaban J connectivity index is 0.00000208. The van der Waals surface area contributed by atoms with Crippen LogP contribution in [0.1, 0.15) is 10.4 Å². The molecule has 1 aromatic heterocycles. The molecule has 0 radical (unpaired) electrons. The second-order valence-corrected chi connectivity index (χ2v) is 5.20. The number of hydrogen-bond acceptors (Lipinski definition) is 2. The van der Waals surface area contributed by atoms with Crippen molar-refractivity contribution in [1.29, 1.82) is 0 Å². The van der Waals surface area contributed by atoms with Crippen LogP contribution in [-0.2, 0) is 11.3 Å². The molecule has 0 saturated carbocycles. The highest BCUT2D eigenvalue weighted by molar-refractivity contribution is 6.01. The van der Waals surface area contributed by atoms with Gasteiger partial charge in [-0.25, -0.2) is 0 Å². The summed E-state index contributed by atoms with van der Waals surface area (Å²) in [5.74, 6) is -0.693. The van der Waals surface area contributed by atoms with E-state index in [9.17, 15) is 9.59 Å². The number of nitrogens with zero attached hydrogens (tertiary/aromatic N) is 1. The average molecular weight is 342 g/mol. The van der Waals surface area contributed by atoms with Gasteiger partial charge in [0.25, 0.3) is 11.8 Å². The lowest BCUT2D eigenvalue weighted by atomic mass is 10.1. The van der Waals surface area contributed by atoms with Crippen molar-refractivity contribution in [3.8, 4) is 0 Å². The number of halogens is 1. The second-order valence-electron chi connectivity index (χ2n) is 5.20. The number of carbonyl (C=O) groups is 2. The minimum Gasteiger partial charge on any atom is -1.00 e. The molecular weight excluding hydrogens is 326 g/mol. The SMILES string of the molecule is NC(=O)c1ccc[n+](CC(=O)Nc2cccc3ccccc23)c1.[Cl-]. The molecule has 0 aliphatic heterocycles. The van der Waals surface area contributed by atoms with Crippen molar-refractivity contribution < 1.29 is 26.6 Å². The Hall–Kier alpha value is -2.92. The number of anilines is 1. The van der Waals surface area contributed by atoms with E-state index < -0.39 is 5.91 Å². The van der Waals surface area contributed by atoms with Gasteiger partial charge in [0, 0.05) is 17.1 Å². The summed E-state index contributed by atoms with van der Waals surface area (Å²) in [6.07, 6.45) is 3.28. The Morgan fingerprint density at radius 2 is 1.75 bits per heavy atom. The number of benzene rings is 2. The highest BCUT2D eigenvalue weighted by Gasteiger charge is 2.13. The number of carbonyl (C=O) groups excluding carboxylic acids is 2. The number of nitrogens with one attached hydrogen (secondary N) is 1. The lowest BCUT2D eigenvalue weighted by Gasteiger charge is -2.07. The van der Waals surface area contributed by atoms with E-state index in [0.29, 0.717) is 5.56 Å². The molecule has 0 atom stereocenters. The molecule has 3 aromatic rings. The van der Waals surface area contributed by atoms with Crippen LogP contribution in [0.5, 0.6) is 0 Å². The molecule has 0 saturated heterocycles. The van der Waals surface area contributed by atoms with Crippen LogP contribution in [0.2, 0.25) is 0 Å². The standard InChI is InChI=1S/C18H15N3O2.ClH/c19-18(23)14-7-4-10-21(11-14)12-17(22)20-16-9-3-6-13-5-1-2-8-15(13)16;/h1-11H,12H2,(H2-,19,20,22,23);1H. The third kappa shape index (κ3) is 3.88. The van der Waals surface area contributed by atoms with Gasteiger partial charge < -0.3 is 23.5 Å². The van der Waals surface area contributed by atoms with Crippen molar-refractivity contribution in [2.45, 2.75) is 6.54 Å². The summed E-state index contributed by atoms with van der Waals surface area (Å²) in [5.41, 5.74) is 6.38. The third-order valence-corrected chi connectivity index (χ3v) is 3.53. The third-order valence-electron chi connectivity index (χ3n) is 3.53. The Bertz CT molecular complexity index is 891. The predicted molar refractivity (Wildman–Crippen MR) is 87.7 cm³/mol. The number of rotatable bonds is 4. The zero-order valence-corrected chi connectivity index (χ0v) is 13.5. The fourth-order valence-electron chi connectivity index (χ4n) is 2.46. The summed E-state index contributed by atoms with van der Waals surface area (Å²) in [4.78, 5) is 23.4. The van der Waals surface area contributed by atoms with Gasteiger partial charge in [-0.15, -0.1) is 0 Å². The van der Waals surface area contributed by atoms with E-state index in [1.165, 1.54) is 0 Å². The molecule has 5 nitrogen and oxygen atoms in total. The number of amides is 2. The van der Waals surface area contributed by atoms with Crippen LogP contribution in [-0.4, -0.2) is 11.8 Å². The second kappa shape index (κ2) is 7.57. The van der Waals surface area contributed by atoms with Gasteiger partial charge in [-0.2, -0.15) is 4.57 Å². The fourth-order valence-corrected chi connectivity index (χ4v) is 2.46. The van der Waals surface area contributed by atoms with Crippen LogP contribution in [0.25, 0.3) is 10.8 Å². The summed E-state index contributed by atoms with van der Waals surface area (Å²) < 4.78 is 1.63.